The van der Waals surface area contributed by atoms with Crippen LogP contribution in [0.1, 0.15) is 33.1 Å². The molecule has 0 fully saturated rings. The van der Waals surface area contributed by atoms with Crippen LogP contribution in [0.25, 0.3) is 0 Å². The fraction of sp³-hybridized carbons (Fsp3) is 0.889. The Labute approximate surface area is 84.1 Å². The Kier molecular flexibility index (Phi) is 6.16. The normalized spacial score (nSPS) is 15.3. The van der Waals surface area contributed by atoms with E-state index in [1.807, 2.05) is 18.7 Å². The number of carboxylic acid groups (broad SMARTS) is 1. The lowest BCUT2D eigenvalue weighted by atomic mass is 9.92. The highest BCUT2D eigenvalue weighted by Gasteiger charge is 2.30. The molecule has 1 atom stereocenters. The lowest BCUT2D eigenvalue weighted by Gasteiger charge is -2.22. The van der Waals surface area contributed by atoms with Crippen LogP contribution in [0, 0.1) is 0 Å². The third-order valence-electron chi connectivity index (χ3n) is 2.17. The van der Waals surface area contributed by atoms with Gasteiger partial charge in [-0.05, 0) is 30.8 Å². The van der Waals surface area contributed by atoms with Gasteiger partial charge in [-0.1, -0.05) is 13.8 Å². The zero-order chi connectivity index (χ0) is 10.3. The fourth-order valence-corrected chi connectivity index (χ4v) is 1.71. The number of carbonyl (C=O) groups is 1. The highest BCUT2D eigenvalue weighted by molar-refractivity contribution is 7.99. The number of carboxylic acids is 1. The van der Waals surface area contributed by atoms with E-state index in [4.69, 9.17) is 10.8 Å². The molecule has 78 valence electrons. The van der Waals surface area contributed by atoms with Crippen molar-refractivity contribution < 1.29 is 9.90 Å². The van der Waals surface area contributed by atoms with Gasteiger partial charge in [0.25, 0.3) is 0 Å². The molecule has 0 radical (unpaired) electrons. The van der Waals surface area contributed by atoms with Gasteiger partial charge in [0.1, 0.15) is 5.54 Å². The van der Waals surface area contributed by atoms with Crippen molar-refractivity contribution in [2.75, 3.05) is 11.5 Å². The summed E-state index contributed by atoms with van der Waals surface area (Å²) in [6.45, 7) is 3.92. The van der Waals surface area contributed by atoms with Crippen LogP contribution in [0.15, 0.2) is 0 Å². The summed E-state index contributed by atoms with van der Waals surface area (Å²) < 4.78 is 0. The Morgan fingerprint density at radius 2 is 2.15 bits per heavy atom. The molecule has 3 N–H and O–H groups in total. The van der Waals surface area contributed by atoms with Gasteiger partial charge in [0.15, 0.2) is 0 Å². The Hall–Kier alpha value is -0.220. The van der Waals surface area contributed by atoms with Crippen LogP contribution >= 0.6 is 11.8 Å². The van der Waals surface area contributed by atoms with E-state index in [0.717, 1.165) is 17.9 Å². The van der Waals surface area contributed by atoms with Crippen molar-refractivity contribution in [3.63, 3.8) is 0 Å². The molecular formula is C9H19NO2S. The fourth-order valence-electron chi connectivity index (χ4n) is 1.07. The summed E-state index contributed by atoms with van der Waals surface area (Å²) >= 11 is 1.82. The maximum absolute atomic E-state index is 10.8. The predicted octanol–water partition coefficient (Wildman–Crippen LogP) is 1.71. The van der Waals surface area contributed by atoms with E-state index in [0.29, 0.717) is 12.8 Å². The maximum atomic E-state index is 10.8. The number of thioether (sulfide) groups is 1. The number of nitrogens with two attached hydrogens (primary N) is 1. The van der Waals surface area contributed by atoms with Gasteiger partial charge in [0.05, 0.1) is 0 Å². The second-order valence-corrected chi connectivity index (χ2v) is 4.51. The monoisotopic (exact) mass is 205 g/mol. The van der Waals surface area contributed by atoms with Crippen LogP contribution in [0.5, 0.6) is 0 Å². The molecule has 13 heavy (non-hydrogen) atoms. The molecule has 0 aromatic carbocycles. The Balaban J connectivity index is 3.78. The lowest BCUT2D eigenvalue weighted by Crippen LogP contribution is -2.47. The summed E-state index contributed by atoms with van der Waals surface area (Å²) in [5.41, 5.74) is 4.71. The first-order chi connectivity index (χ1) is 6.06. The summed E-state index contributed by atoms with van der Waals surface area (Å²) in [5, 5.41) is 8.86. The van der Waals surface area contributed by atoms with Crippen LogP contribution in [0.2, 0.25) is 0 Å². The summed E-state index contributed by atoms with van der Waals surface area (Å²) in [7, 11) is 0. The van der Waals surface area contributed by atoms with Crippen molar-refractivity contribution in [2.45, 2.75) is 38.6 Å². The minimum absolute atomic E-state index is 0.499. The summed E-state index contributed by atoms with van der Waals surface area (Å²) in [4.78, 5) is 10.8. The van der Waals surface area contributed by atoms with Gasteiger partial charge < -0.3 is 10.8 Å². The Bertz CT molecular complexity index is 164. The van der Waals surface area contributed by atoms with Crippen LogP contribution < -0.4 is 5.73 Å². The first kappa shape index (κ1) is 12.8. The van der Waals surface area contributed by atoms with Crippen LogP contribution in [0.3, 0.4) is 0 Å². The Morgan fingerprint density at radius 3 is 2.54 bits per heavy atom. The van der Waals surface area contributed by atoms with Crippen molar-refractivity contribution in [2.24, 2.45) is 5.73 Å². The zero-order valence-electron chi connectivity index (χ0n) is 8.38. The molecule has 0 rings (SSSR count). The van der Waals surface area contributed by atoms with Gasteiger partial charge in [-0.15, -0.1) is 0 Å². The standard InChI is InChI=1S/C9H19NO2S/c1-3-9(10,8(11)12)6-5-7-13-4-2/h3-7,10H2,1-2H3,(H,11,12). The SMILES string of the molecule is CCSCCCC(N)(CC)C(=O)O. The molecule has 0 spiro atoms. The highest BCUT2D eigenvalue weighted by atomic mass is 32.2. The van der Waals surface area contributed by atoms with Gasteiger partial charge >= 0.3 is 5.97 Å². The lowest BCUT2D eigenvalue weighted by molar-refractivity contribution is -0.143. The molecule has 0 aliphatic carbocycles. The van der Waals surface area contributed by atoms with E-state index in [2.05, 4.69) is 6.92 Å². The van der Waals surface area contributed by atoms with E-state index in [1.165, 1.54) is 0 Å². The van der Waals surface area contributed by atoms with Crippen molar-refractivity contribution >= 4 is 17.7 Å². The Morgan fingerprint density at radius 1 is 1.54 bits per heavy atom. The number of aliphatic carboxylic acids is 1. The molecule has 0 amide bonds. The molecular weight excluding hydrogens is 186 g/mol. The number of rotatable bonds is 7. The summed E-state index contributed by atoms with van der Waals surface area (Å²) in [6.07, 6.45) is 1.96. The molecule has 0 aromatic heterocycles. The molecule has 3 nitrogen and oxygen atoms in total. The smallest absolute Gasteiger partial charge is 0.323 e. The van der Waals surface area contributed by atoms with Gasteiger partial charge in [-0.3, -0.25) is 4.79 Å². The molecule has 0 heterocycles. The van der Waals surface area contributed by atoms with Crippen LogP contribution in [0.4, 0.5) is 0 Å². The van der Waals surface area contributed by atoms with E-state index in [1.54, 1.807) is 0 Å². The average molecular weight is 205 g/mol. The molecule has 0 bridgehead atoms. The topological polar surface area (TPSA) is 63.3 Å². The zero-order valence-corrected chi connectivity index (χ0v) is 9.19. The summed E-state index contributed by atoms with van der Waals surface area (Å²) in [6, 6.07) is 0. The molecule has 4 heteroatoms. The molecule has 0 aliphatic rings. The van der Waals surface area contributed by atoms with E-state index >= 15 is 0 Å². The predicted molar refractivity (Wildman–Crippen MR) is 57.1 cm³/mol. The second kappa shape index (κ2) is 6.27. The van der Waals surface area contributed by atoms with Crippen LogP contribution in [-0.2, 0) is 4.79 Å². The van der Waals surface area contributed by atoms with Crippen molar-refractivity contribution in [1.82, 2.24) is 0 Å². The minimum Gasteiger partial charge on any atom is -0.480 e. The van der Waals surface area contributed by atoms with Crippen molar-refractivity contribution in [3.05, 3.63) is 0 Å². The minimum atomic E-state index is -1.01. The van der Waals surface area contributed by atoms with Crippen molar-refractivity contribution in [1.29, 1.82) is 0 Å². The second-order valence-electron chi connectivity index (χ2n) is 3.12. The maximum Gasteiger partial charge on any atom is 0.323 e. The number of hydrogen-bond donors (Lipinski definition) is 2. The molecule has 1 unspecified atom stereocenters. The van der Waals surface area contributed by atoms with Gasteiger partial charge in [0, 0.05) is 0 Å². The van der Waals surface area contributed by atoms with E-state index in [9.17, 15) is 4.79 Å². The van der Waals surface area contributed by atoms with Gasteiger partial charge in [-0.25, -0.2) is 0 Å². The third kappa shape index (κ3) is 4.52. The van der Waals surface area contributed by atoms with Crippen molar-refractivity contribution in [3.8, 4) is 0 Å². The largest absolute Gasteiger partial charge is 0.480 e. The van der Waals surface area contributed by atoms with Gasteiger partial charge in [0.2, 0.25) is 0 Å². The van der Waals surface area contributed by atoms with E-state index in [-0.39, 0.29) is 0 Å². The third-order valence-corrected chi connectivity index (χ3v) is 3.16. The average Bonchev–Trinajstić information content (AvgIpc) is 2.12. The van der Waals surface area contributed by atoms with E-state index < -0.39 is 11.5 Å². The summed E-state index contributed by atoms with van der Waals surface area (Å²) in [5.74, 6) is 1.20. The molecule has 0 saturated heterocycles. The highest BCUT2D eigenvalue weighted by Crippen LogP contribution is 2.16. The molecule has 0 aromatic rings. The molecule has 0 aliphatic heterocycles. The van der Waals surface area contributed by atoms with Gasteiger partial charge in [-0.2, -0.15) is 11.8 Å². The number of hydrogen-bond acceptors (Lipinski definition) is 3. The first-order valence-corrected chi connectivity index (χ1v) is 5.82. The molecule has 0 saturated carbocycles. The first-order valence-electron chi connectivity index (χ1n) is 4.67. The van der Waals surface area contributed by atoms with Crippen LogP contribution in [-0.4, -0.2) is 28.1 Å². The quantitative estimate of drug-likeness (QED) is 0.621.